The zero-order valence-electron chi connectivity index (χ0n) is 7.36. The number of aliphatic hydroxyl groups excluding tert-OH is 1. The molecule has 0 unspecified atom stereocenters. The number of benzene rings is 1. The lowest BCUT2D eigenvalue weighted by molar-refractivity contribution is 0.343. The van der Waals surface area contributed by atoms with Crippen molar-refractivity contribution in [1.82, 2.24) is 0 Å². The zero-order valence-corrected chi connectivity index (χ0v) is 7.36. The molecule has 0 saturated carbocycles. The Morgan fingerprint density at radius 3 is 3.23 bits per heavy atom. The number of hydrogen-bond donors (Lipinski definition) is 1. The summed E-state index contributed by atoms with van der Waals surface area (Å²) >= 11 is 0. The Kier molecular flexibility index (Phi) is 2.32. The quantitative estimate of drug-likeness (QED) is 0.742. The Balaban J connectivity index is 2.25. The lowest BCUT2D eigenvalue weighted by Gasteiger charge is -1.99. The molecule has 2 heteroatoms. The fourth-order valence-electron chi connectivity index (χ4n) is 1.50. The first-order chi connectivity index (χ1) is 6.40. The second-order valence-electron chi connectivity index (χ2n) is 3.05. The third-order valence-corrected chi connectivity index (χ3v) is 2.13. The number of aliphatic hydroxyl groups is 1. The fourth-order valence-corrected chi connectivity index (χ4v) is 1.50. The molecule has 0 aliphatic carbocycles. The molecule has 0 saturated heterocycles. The highest BCUT2D eigenvalue weighted by atomic mass is 16.5. The van der Waals surface area contributed by atoms with Crippen LogP contribution in [0.5, 0.6) is 5.75 Å². The van der Waals surface area contributed by atoms with Crippen molar-refractivity contribution in [1.29, 1.82) is 0 Å². The summed E-state index contributed by atoms with van der Waals surface area (Å²) in [7, 11) is 0. The van der Waals surface area contributed by atoms with E-state index in [1.165, 1.54) is 5.56 Å². The van der Waals surface area contributed by atoms with Crippen LogP contribution in [-0.2, 0) is 6.42 Å². The van der Waals surface area contributed by atoms with Crippen molar-refractivity contribution in [2.75, 3.05) is 13.2 Å². The zero-order chi connectivity index (χ0) is 9.10. The molecule has 1 aliphatic heterocycles. The summed E-state index contributed by atoms with van der Waals surface area (Å²) in [5.41, 5.74) is 2.39. The average molecular weight is 176 g/mol. The molecule has 0 bridgehead atoms. The van der Waals surface area contributed by atoms with Gasteiger partial charge in [-0.2, -0.15) is 0 Å². The van der Waals surface area contributed by atoms with Gasteiger partial charge in [-0.25, -0.2) is 0 Å². The summed E-state index contributed by atoms with van der Waals surface area (Å²) < 4.78 is 5.38. The molecule has 0 fully saturated rings. The number of rotatable bonds is 2. The molecule has 0 amide bonds. The number of ether oxygens (including phenoxy) is 1. The molecule has 1 aromatic rings. The first-order valence-corrected chi connectivity index (χ1v) is 4.43. The minimum atomic E-state index is 0.0909. The van der Waals surface area contributed by atoms with Gasteiger partial charge in [-0.05, 0) is 23.3 Å². The van der Waals surface area contributed by atoms with Gasteiger partial charge >= 0.3 is 0 Å². The van der Waals surface area contributed by atoms with Crippen LogP contribution in [0.1, 0.15) is 11.1 Å². The van der Waals surface area contributed by atoms with E-state index in [4.69, 9.17) is 9.84 Å². The Labute approximate surface area is 77.5 Å². The maximum atomic E-state index is 8.61. The van der Waals surface area contributed by atoms with Crippen LogP contribution in [0.4, 0.5) is 0 Å². The van der Waals surface area contributed by atoms with E-state index in [1.54, 1.807) is 6.08 Å². The molecular weight excluding hydrogens is 164 g/mol. The molecule has 2 rings (SSSR count). The summed E-state index contributed by atoms with van der Waals surface area (Å²) in [6.07, 6.45) is 4.65. The van der Waals surface area contributed by atoms with Crippen LogP contribution in [0.3, 0.4) is 0 Å². The van der Waals surface area contributed by atoms with Crippen molar-refractivity contribution in [2.24, 2.45) is 0 Å². The van der Waals surface area contributed by atoms with Crippen molar-refractivity contribution < 1.29 is 9.84 Å². The van der Waals surface area contributed by atoms with Gasteiger partial charge in [-0.3, -0.25) is 0 Å². The van der Waals surface area contributed by atoms with Gasteiger partial charge in [0.05, 0.1) is 13.2 Å². The smallest absolute Gasteiger partial charge is 0.122 e. The molecule has 0 atom stereocenters. The van der Waals surface area contributed by atoms with Gasteiger partial charge in [0.2, 0.25) is 0 Å². The molecule has 0 radical (unpaired) electrons. The predicted molar refractivity (Wildman–Crippen MR) is 51.8 cm³/mol. The third kappa shape index (κ3) is 1.73. The summed E-state index contributed by atoms with van der Waals surface area (Å²) in [5, 5.41) is 8.61. The predicted octanol–water partition coefficient (Wildman–Crippen LogP) is 1.63. The molecular formula is C11H12O2. The highest BCUT2D eigenvalue weighted by molar-refractivity contribution is 5.54. The third-order valence-electron chi connectivity index (χ3n) is 2.13. The van der Waals surface area contributed by atoms with E-state index >= 15 is 0 Å². The van der Waals surface area contributed by atoms with Crippen LogP contribution in [0.2, 0.25) is 0 Å². The van der Waals surface area contributed by atoms with Gasteiger partial charge in [-0.1, -0.05) is 18.2 Å². The lowest BCUT2D eigenvalue weighted by Crippen LogP contribution is -1.85. The van der Waals surface area contributed by atoms with E-state index < -0.39 is 0 Å². The second kappa shape index (κ2) is 3.62. The van der Waals surface area contributed by atoms with Crippen molar-refractivity contribution in [3.8, 4) is 5.75 Å². The molecule has 13 heavy (non-hydrogen) atoms. The minimum Gasteiger partial charge on any atom is -0.493 e. The summed E-state index contributed by atoms with van der Waals surface area (Å²) in [5.74, 6) is 1.00. The Morgan fingerprint density at radius 1 is 1.46 bits per heavy atom. The minimum absolute atomic E-state index is 0.0909. The molecule has 1 aliphatic rings. The maximum Gasteiger partial charge on any atom is 0.122 e. The van der Waals surface area contributed by atoms with Crippen molar-refractivity contribution in [3.05, 3.63) is 35.4 Å². The molecule has 1 heterocycles. The van der Waals surface area contributed by atoms with Crippen LogP contribution in [0, 0.1) is 0 Å². The first-order valence-electron chi connectivity index (χ1n) is 4.43. The first kappa shape index (κ1) is 8.32. The van der Waals surface area contributed by atoms with Crippen molar-refractivity contribution in [3.63, 3.8) is 0 Å². The summed E-state index contributed by atoms with van der Waals surface area (Å²) in [4.78, 5) is 0. The van der Waals surface area contributed by atoms with E-state index in [1.807, 2.05) is 18.2 Å². The SMILES string of the molecule is OC/C=C/c1ccc2c(c1)CCO2. The molecule has 68 valence electrons. The monoisotopic (exact) mass is 176 g/mol. The molecule has 1 N–H and O–H groups in total. The van der Waals surface area contributed by atoms with E-state index in [0.29, 0.717) is 0 Å². The van der Waals surface area contributed by atoms with Crippen LogP contribution in [-0.4, -0.2) is 18.3 Å². The van der Waals surface area contributed by atoms with Crippen LogP contribution < -0.4 is 4.74 Å². The van der Waals surface area contributed by atoms with Crippen molar-refractivity contribution in [2.45, 2.75) is 6.42 Å². The van der Waals surface area contributed by atoms with Gasteiger partial charge in [0.15, 0.2) is 0 Å². The van der Waals surface area contributed by atoms with Crippen LogP contribution in [0.25, 0.3) is 6.08 Å². The largest absolute Gasteiger partial charge is 0.493 e. The number of fused-ring (bicyclic) bond motifs is 1. The van der Waals surface area contributed by atoms with Crippen LogP contribution >= 0.6 is 0 Å². The molecule has 0 aromatic heterocycles. The van der Waals surface area contributed by atoms with E-state index in [2.05, 4.69) is 6.07 Å². The summed E-state index contributed by atoms with van der Waals surface area (Å²) in [6, 6.07) is 6.09. The highest BCUT2D eigenvalue weighted by Crippen LogP contribution is 2.26. The summed E-state index contributed by atoms with van der Waals surface area (Å²) in [6.45, 7) is 0.885. The van der Waals surface area contributed by atoms with Gasteiger partial charge in [-0.15, -0.1) is 0 Å². The Bertz CT molecular complexity index is 329. The topological polar surface area (TPSA) is 29.5 Å². The Morgan fingerprint density at radius 2 is 2.38 bits per heavy atom. The average Bonchev–Trinajstić information content (AvgIpc) is 2.61. The Hall–Kier alpha value is -1.28. The maximum absolute atomic E-state index is 8.61. The van der Waals surface area contributed by atoms with Crippen molar-refractivity contribution >= 4 is 6.08 Å². The van der Waals surface area contributed by atoms with E-state index in [0.717, 1.165) is 24.3 Å². The standard InChI is InChI=1S/C11H12O2/c12-6-1-2-9-3-4-11-10(8-9)5-7-13-11/h1-4,8,12H,5-7H2/b2-1+. The van der Waals surface area contributed by atoms with E-state index in [9.17, 15) is 0 Å². The van der Waals surface area contributed by atoms with Gasteiger partial charge in [0.1, 0.15) is 5.75 Å². The lowest BCUT2D eigenvalue weighted by atomic mass is 10.1. The second-order valence-corrected chi connectivity index (χ2v) is 3.05. The van der Waals surface area contributed by atoms with Gasteiger partial charge in [0, 0.05) is 6.42 Å². The van der Waals surface area contributed by atoms with E-state index in [-0.39, 0.29) is 6.61 Å². The highest BCUT2D eigenvalue weighted by Gasteiger charge is 2.10. The van der Waals surface area contributed by atoms with Crippen LogP contribution in [0.15, 0.2) is 24.3 Å². The molecule has 0 spiro atoms. The van der Waals surface area contributed by atoms with Gasteiger partial charge < -0.3 is 9.84 Å². The number of hydrogen-bond acceptors (Lipinski definition) is 2. The fraction of sp³-hybridized carbons (Fsp3) is 0.273. The molecule has 1 aromatic carbocycles. The molecule has 2 nitrogen and oxygen atoms in total. The normalized spacial score (nSPS) is 14.5. The van der Waals surface area contributed by atoms with Gasteiger partial charge in [0.25, 0.3) is 0 Å².